The average Bonchev–Trinajstić information content (AvgIpc) is 2.21. The van der Waals surface area contributed by atoms with Crippen LogP contribution >= 0.6 is 0 Å². The Morgan fingerprint density at radius 1 is 0.533 bits per heavy atom. The Morgan fingerprint density at radius 2 is 0.733 bits per heavy atom. The van der Waals surface area contributed by atoms with Gasteiger partial charge in [-0.1, -0.05) is 0 Å². The molecule has 0 fully saturated rings. The second-order valence-electron chi connectivity index (χ2n) is 2.32. The van der Waals surface area contributed by atoms with Crippen molar-refractivity contribution >= 4 is 0 Å². The van der Waals surface area contributed by atoms with Crippen molar-refractivity contribution in [3.05, 3.63) is 0 Å². The number of hydrogen-bond acceptors (Lipinski definition) is 6. The van der Waals surface area contributed by atoms with Crippen molar-refractivity contribution in [2.24, 2.45) is 0 Å². The molecule has 0 aromatic carbocycles. The van der Waals surface area contributed by atoms with E-state index in [0.29, 0.717) is 26.2 Å². The molecule has 0 aliphatic carbocycles. The maximum absolute atomic E-state index is 9.64. The van der Waals surface area contributed by atoms with E-state index in [4.69, 9.17) is 0 Å². The largest absolute Gasteiger partial charge is 4.00 e. The third-order valence-corrected chi connectivity index (χ3v) is 1.12. The Labute approximate surface area is 106 Å². The first-order valence-corrected chi connectivity index (χ1v) is 4.57. The van der Waals surface area contributed by atoms with Gasteiger partial charge in [0.1, 0.15) is 0 Å². The third kappa shape index (κ3) is 31.4. The van der Waals surface area contributed by atoms with E-state index in [1.807, 2.05) is 0 Å². The van der Waals surface area contributed by atoms with Crippen LogP contribution in [0, 0.1) is 0 Å². The molecule has 6 nitrogen and oxygen atoms in total. The van der Waals surface area contributed by atoms with E-state index in [9.17, 15) is 20.4 Å². The summed E-state index contributed by atoms with van der Waals surface area (Å²) in [7, 11) is 0. The minimum atomic E-state index is -0.139. The Balaban J connectivity index is -0.000000180. The summed E-state index contributed by atoms with van der Waals surface area (Å²) < 4.78 is 0. The first-order valence-electron chi connectivity index (χ1n) is 4.57. The van der Waals surface area contributed by atoms with Crippen LogP contribution in [0.5, 0.6) is 0 Å². The zero-order valence-corrected chi connectivity index (χ0v) is 10.4. The van der Waals surface area contributed by atoms with Gasteiger partial charge >= 0.3 is 21.7 Å². The smallest absolute Gasteiger partial charge is 0.854 e. The number of hydrogen-bond donors (Lipinski definition) is 2. The first-order chi connectivity index (χ1) is 6.83. The summed E-state index contributed by atoms with van der Waals surface area (Å²) in [5.74, 6) is 0. The van der Waals surface area contributed by atoms with Gasteiger partial charge in [0.2, 0.25) is 0 Å². The van der Waals surface area contributed by atoms with E-state index in [-0.39, 0.29) is 48.1 Å². The van der Waals surface area contributed by atoms with Gasteiger partial charge in [0, 0.05) is 0 Å². The molecule has 0 heterocycles. The molecule has 7 heteroatoms. The van der Waals surface area contributed by atoms with E-state index >= 15 is 0 Å². The van der Waals surface area contributed by atoms with Crippen molar-refractivity contribution in [3.8, 4) is 0 Å². The molecule has 88 valence electrons. The maximum atomic E-state index is 9.64. The van der Waals surface area contributed by atoms with E-state index in [2.05, 4.69) is 10.6 Å². The molecule has 0 spiro atoms. The molecular weight excluding hydrogens is 236 g/mol. The molecule has 0 saturated carbocycles. The summed E-state index contributed by atoms with van der Waals surface area (Å²) in [5.41, 5.74) is 0. The summed E-state index contributed by atoms with van der Waals surface area (Å²) >= 11 is 0. The van der Waals surface area contributed by atoms with Crippen molar-refractivity contribution in [3.63, 3.8) is 0 Å². The van der Waals surface area contributed by atoms with Crippen molar-refractivity contribution in [2.45, 2.75) is 0 Å². The van der Waals surface area contributed by atoms with Crippen LogP contribution in [0.2, 0.25) is 0 Å². The van der Waals surface area contributed by atoms with Gasteiger partial charge in [-0.25, -0.2) is 0 Å². The topological polar surface area (TPSA) is 116 Å². The maximum Gasteiger partial charge on any atom is 4.00 e. The monoisotopic (exact) mass is 254 g/mol. The fraction of sp³-hybridized carbons (Fsp3) is 1.00. The van der Waals surface area contributed by atoms with Crippen molar-refractivity contribution in [1.82, 2.24) is 10.6 Å². The van der Waals surface area contributed by atoms with Crippen LogP contribution in [-0.4, -0.2) is 52.6 Å². The Bertz CT molecular complexity index is 73.0. The molecule has 0 aromatic rings. The fourth-order valence-electron chi connectivity index (χ4n) is 0.539. The molecule has 2 N–H and O–H groups in total. The SMILES string of the molecule is [O-]CCNCC[O-].[O-]CCNCC[O-].[Ti+4]. The predicted octanol–water partition coefficient (Wildman–Crippen LogP) is -5.41. The molecule has 0 unspecified atom stereocenters. The molecule has 0 atom stereocenters. The molecule has 0 radical (unpaired) electrons. The van der Waals surface area contributed by atoms with Crippen LogP contribution in [0.1, 0.15) is 0 Å². The Hall–Kier alpha value is 0.474. The van der Waals surface area contributed by atoms with E-state index < -0.39 is 0 Å². The van der Waals surface area contributed by atoms with Crippen LogP contribution in [0.15, 0.2) is 0 Å². The summed E-state index contributed by atoms with van der Waals surface area (Å²) in [4.78, 5) is 0. The standard InChI is InChI=1S/2C4H9NO2.Ti/c2*6-3-1-5-2-4-7;/h2*5H,1-4H2;/q2*-2;+4. The molecular formula is C8H18N2O4Ti. The Morgan fingerprint density at radius 3 is 0.867 bits per heavy atom. The molecule has 0 saturated heterocycles. The average molecular weight is 254 g/mol. The summed E-state index contributed by atoms with van der Waals surface area (Å²) in [6.45, 7) is 1.12. The van der Waals surface area contributed by atoms with Crippen molar-refractivity contribution in [2.75, 3.05) is 52.6 Å². The van der Waals surface area contributed by atoms with Crippen LogP contribution in [0.3, 0.4) is 0 Å². The molecule has 0 bridgehead atoms. The fourth-order valence-corrected chi connectivity index (χ4v) is 0.539. The van der Waals surface area contributed by atoms with E-state index in [1.54, 1.807) is 0 Å². The molecule has 0 aliphatic rings. The van der Waals surface area contributed by atoms with Crippen LogP contribution in [0.25, 0.3) is 0 Å². The predicted molar refractivity (Wildman–Crippen MR) is 45.2 cm³/mol. The van der Waals surface area contributed by atoms with E-state index in [0.717, 1.165) is 0 Å². The first kappa shape index (κ1) is 20.8. The van der Waals surface area contributed by atoms with Crippen LogP contribution in [-0.2, 0) is 21.7 Å². The van der Waals surface area contributed by atoms with Crippen molar-refractivity contribution in [1.29, 1.82) is 0 Å². The van der Waals surface area contributed by atoms with Gasteiger partial charge in [-0.3, -0.25) is 0 Å². The normalized spacial score (nSPS) is 8.80. The van der Waals surface area contributed by atoms with Gasteiger partial charge in [0.05, 0.1) is 0 Å². The Kier molecular flexibility index (Phi) is 33.3. The van der Waals surface area contributed by atoms with Crippen LogP contribution < -0.4 is 31.1 Å². The third-order valence-electron chi connectivity index (χ3n) is 1.12. The van der Waals surface area contributed by atoms with Crippen LogP contribution in [0.4, 0.5) is 0 Å². The molecule has 0 aromatic heterocycles. The van der Waals surface area contributed by atoms with Crippen molar-refractivity contribution < 1.29 is 42.1 Å². The minimum absolute atomic E-state index is 0. The zero-order valence-electron chi connectivity index (χ0n) is 8.79. The van der Waals surface area contributed by atoms with Gasteiger partial charge in [-0.15, -0.1) is 26.4 Å². The number of rotatable bonds is 8. The van der Waals surface area contributed by atoms with Gasteiger partial charge in [-0.2, -0.15) is 0 Å². The summed E-state index contributed by atoms with van der Waals surface area (Å²) in [6, 6.07) is 0. The second kappa shape index (κ2) is 24.0. The minimum Gasteiger partial charge on any atom is -0.854 e. The van der Waals surface area contributed by atoms with Gasteiger partial charge < -0.3 is 31.1 Å². The molecule has 0 amide bonds. The molecule has 0 rings (SSSR count). The molecule has 15 heavy (non-hydrogen) atoms. The molecule has 0 aliphatic heterocycles. The summed E-state index contributed by atoms with van der Waals surface area (Å²) in [5, 5.41) is 43.9. The number of nitrogens with one attached hydrogen (secondary N) is 2. The second-order valence-corrected chi connectivity index (χ2v) is 2.32. The quantitative estimate of drug-likeness (QED) is 0.330. The van der Waals surface area contributed by atoms with Gasteiger partial charge in [-0.05, 0) is 26.2 Å². The van der Waals surface area contributed by atoms with Gasteiger partial charge in [0.15, 0.2) is 0 Å². The zero-order chi connectivity index (χ0) is 11.1. The van der Waals surface area contributed by atoms with E-state index in [1.165, 1.54) is 0 Å². The van der Waals surface area contributed by atoms with Gasteiger partial charge in [0.25, 0.3) is 0 Å². The summed E-state index contributed by atoms with van der Waals surface area (Å²) in [6.07, 6.45) is 0.